The van der Waals surface area contributed by atoms with Gasteiger partial charge in [-0.05, 0) is 54.5 Å². The highest BCUT2D eigenvalue weighted by atomic mass is 33.1. The van der Waals surface area contributed by atoms with Crippen molar-refractivity contribution in [1.29, 1.82) is 0 Å². The van der Waals surface area contributed by atoms with Crippen molar-refractivity contribution in [3.63, 3.8) is 0 Å². The standard InChI is InChI=1S/C25H25N3O5S3/c1-4-32-21(30)14-28-22(31)25(16(2)3,27-20(29)15-33-17-10-6-5-7-11-17)23(28)35-36-24-26-18-12-8-9-13-19(18)34-24/h5-13,23H,2,4,14-15H2,1,3H3,(H,27,29). The fourth-order valence-electron chi connectivity index (χ4n) is 3.74. The summed E-state index contributed by atoms with van der Waals surface area (Å²) in [7, 11) is 2.73. The summed E-state index contributed by atoms with van der Waals surface area (Å²) in [6, 6.07) is 16.7. The van der Waals surface area contributed by atoms with Crippen molar-refractivity contribution in [3.8, 4) is 5.75 Å². The molecule has 2 atom stereocenters. The first-order valence-electron chi connectivity index (χ1n) is 11.2. The molecule has 1 aliphatic heterocycles. The minimum absolute atomic E-state index is 0.207. The number of β-lactam (4-membered cyclic amide) rings is 1. The molecule has 1 N–H and O–H groups in total. The lowest BCUT2D eigenvalue weighted by Crippen LogP contribution is -2.80. The van der Waals surface area contributed by atoms with Gasteiger partial charge in [0.1, 0.15) is 17.7 Å². The maximum atomic E-state index is 13.4. The molecule has 0 spiro atoms. The van der Waals surface area contributed by atoms with Crippen molar-refractivity contribution in [3.05, 3.63) is 66.7 Å². The fourth-order valence-corrected chi connectivity index (χ4v) is 7.97. The molecule has 2 heterocycles. The minimum atomic E-state index is -1.39. The molecule has 8 nitrogen and oxygen atoms in total. The molecule has 2 unspecified atom stereocenters. The summed E-state index contributed by atoms with van der Waals surface area (Å²) < 4.78 is 12.5. The lowest BCUT2D eigenvalue weighted by molar-refractivity contribution is -0.163. The Hall–Kier alpha value is -3.02. The molecule has 1 saturated heterocycles. The molecule has 1 aromatic heterocycles. The number of likely N-dealkylation sites (tertiary alicyclic amines) is 1. The summed E-state index contributed by atoms with van der Waals surface area (Å²) in [6.07, 6.45) is 0. The number of hydrogen-bond donors (Lipinski definition) is 1. The number of aromatic nitrogens is 1. The summed E-state index contributed by atoms with van der Waals surface area (Å²) in [5, 5.41) is 2.23. The van der Waals surface area contributed by atoms with Gasteiger partial charge in [-0.2, -0.15) is 0 Å². The Kier molecular flexibility index (Phi) is 8.22. The van der Waals surface area contributed by atoms with E-state index in [1.54, 1.807) is 38.1 Å². The molecule has 2 amide bonds. The zero-order valence-electron chi connectivity index (χ0n) is 19.8. The molecular formula is C25H25N3O5S3. The molecule has 11 heteroatoms. The van der Waals surface area contributed by atoms with Gasteiger partial charge in [0.25, 0.3) is 11.8 Å². The summed E-state index contributed by atoms with van der Waals surface area (Å²) in [4.78, 5) is 44.5. The predicted octanol–water partition coefficient (Wildman–Crippen LogP) is 4.28. The Balaban J connectivity index is 1.53. The van der Waals surface area contributed by atoms with E-state index < -0.39 is 28.7 Å². The van der Waals surface area contributed by atoms with Gasteiger partial charge in [-0.1, -0.05) is 47.7 Å². The van der Waals surface area contributed by atoms with Gasteiger partial charge >= 0.3 is 5.97 Å². The smallest absolute Gasteiger partial charge is 0.325 e. The van der Waals surface area contributed by atoms with Gasteiger partial charge in [-0.3, -0.25) is 14.4 Å². The summed E-state index contributed by atoms with van der Waals surface area (Å²) in [5.41, 5.74) is -0.0444. The molecule has 0 radical (unpaired) electrons. The zero-order chi connectivity index (χ0) is 25.7. The molecule has 1 fully saturated rings. The van der Waals surface area contributed by atoms with Crippen molar-refractivity contribution in [1.82, 2.24) is 15.2 Å². The first-order chi connectivity index (χ1) is 17.3. The number of fused-ring (bicyclic) bond motifs is 1. The number of esters is 1. The van der Waals surface area contributed by atoms with E-state index in [4.69, 9.17) is 9.47 Å². The Morgan fingerprint density at radius 3 is 2.61 bits per heavy atom. The monoisotopic (exact) mass is 543 g/mol. The van der Waals surface area contributed by atoms with Gasteiger partial charge in [-0.15, -0.1) is 11.3 Å². The molecule has 0 saturated carbocycles. The number of hydrogen-bond acceptors (Lipinski definition) is 9. The number of rotatable bonds is 11. The van der Waals surface area contributed by atoms with Crippen molar-refractivity contribution < 1.29 is 23.9 Å². The molecule has 1 aliphatic rings. The molecule has 188 valence electrons. The van der Waals surface area contributed by atoms with E-state index in [1.807, 2.05) is 30.3 Å². The number of nitrogens with zero attached hydrogens (tertiary/aromatic N) is 2. The van der Waals surface area contributed by atoms with Crippen LogP contribution in [0.3, 0.4) is 0 Å². The number of nitrogens with one attached hydrogen (secondary N) is 1. The van der Waals surface area contributed by atoms with Crippen molar-refractivity contribution in [2.24, 2.45) is 0 Å². The maximum absolute atomic E-state index is 13.4. The average molecular weight is 544 g/mol. The second-order valence-electron chi connectivity index (χ2n) is 7.96. The van der Waals surface area contributed by atoms with Crippen LogP contribution < -0.4 is 10.1 Å². The SMILES string of the molecule is C=C(C)C1(NC(=O)COc2ccccc2)C(=O)N(CC(=O)OCC)C1SSc1nc2ccccc2s1. The van der Waals surface area contributed by atoms with Crippen molar-refractivity contribution >= 4 is 60.9 Å². The number of ether oxygens (including phenoxy) is 2. The highest BCUT2D eigenvalue weighted by Gasteiger charge is 2.63. The molecule has 3 aromatic rings. The van der Waals surface area contributed by atoms with Crippen LogP contribution in [0.4, 0.5) is 0 Å². The molecule has 36 heavy (non-hydrogen) atoms. The second-order valence-corrected chi connectivity index (χ2v) is 11.5. The fraction of sp³-hybridized carbons (Fsp3) is 0.280. The average Bonchev–Trinajstić information content (AvgIpc) is 3.29. The maximum Gasteiger partial charge on any atom is 0.325 e. The summed E-state index contributed by atoms with van der Waals surface area (Å²) >= 11 is 1.53. The number of benzene rings is 2. The Morgan fingerprint density at radius 1 is 1.19 bits per heavy atom. The van der Waals surface area contributed by atoms with E-state index >= 15 is 0 Å². The summed E-state index contributed by atoms with van der Waals surface area (Å²) in [5.74, 6) is -0.867. The topological polar surface area (TPSA) is 97.8 Å². The van der Waals surface area contributed by atoms with Gasteiger partial charge in [0.2, 0.25) is 0 Å². The van der Waals surface area contributed by atoms with Gasteiger partial charge in [0.05, 0.1) is 16.8 Å². The number of carbonyl (C=O) groups is 3. The van der Waals surface area contributed by atoms with Gasteiger partial charge in [0.15, 0.2) is 16.5 Å². The first kappa shape index (κ1) is 26.1. The van der Waals surface area contributed by atoms with Gasteiger partial charge in [-0.25, -0.2) is 4.98 Å². The highest BCUT2D eigenvalue weighted by Crippen LogP contribution is 2.50. The van der Waals surface area contributed by atoms with E-state index in [1.165, 1.54) is 37.8 Å². The molecular weight excluding hydrogens is 518 g/mol. The van der Waals surface area contributed by atoms with Crippen LogP contribution >= 0.6 is 32.9 Å². The van der Waals surface area contributed by atoms with Crippen LogP contribution in [-0.2, 0) is 19.1 Å². The Labute approximate surface area is 220 Å². The van der Waals surface area contributed by atoms with E-state index in [9.17, 15) is 14.4 Å². The lowest BCUT2D eigenvalue weighted by Gasteiger charge is -2.55. The molecule has 2 aromatic carbocycles. The van der Waals surface area contributed by atoms with Crippen LogP contribution in [0.15, 0.2) is 71.1 Å². The van der Waals surface area contributed by atoms with E-state index in [2.05, 4.69) is 16.9 Å². The Morgan fingerprint density at radius 2 is 1.92 bits per heavy atom. The lowest BCUT2D eigenvalue weighted by atomic mass is 9.81. The summed E-state index contributed by atoms with van der Waals surface area (Å²) in [6.45, 7) is 7.11. The van der Waals surface area contributed by atoms with E-state index in [0.717, 1.165) is 14.6 Å². The molecule has 0 aliphatic carbocycles. The van der Waals surface area contributed by atoms with E-state index in [-0.39, 0.29) is 19.8 Å². The van der Waals surface area contributed by atoms with Crippen LogP contribution in [0.5, 0.6) is 5.75 Å². The van der Waals surface area contributed by atoms with Crippen LogP contribution in [-0.4, -0.2) is 58.3 Å². The zero-order valence-corrected chi connectivity index (χ0v) is 22.2. The van der Waals surface area contributed by atoms with E-state index in [0.29, 0.717) is 11.3 Å². The predicted molar refractivity (Wildman–Crippen MR) is 143 cm³/mol. The van der Waals surface area contributed by atoms with Gasteiger partial charge < -0.3 is 19.7 Å². The number of amides is 2. The quantitative estimate of drug-likeness (QED) is 0.166. The van der Waals surface area contributed by atoms with Gasteiger partial charge in [0, 0.05) is 0 Å². The normalized spacial score (nSPS) is 19.0. The number of carbonyl (C=O) groups excluding carboxylic acids is 3. The van der Waals surface area contributed by atoms with Crippen LogP contribution in [0.1, 0.15) is 13.8 Å². The third-order valence-corrected chi connectivity index (χ3v) is 9.54. The molecule has 4 rings (SSSR count). The third-order valence-electron chi connectivity index (χ3n) is 5.46. The number of thiazole rings is 1. The van der Waals surface area contributed by atoms with Crippen molar-refractivity contribution in [2.75, 3.05) is 19.8 Å². The third kappa shape index (κ3) is 5.37. The second kappa shape index (κ2) is 11.4. The highest BCUT2D eigenvalue weighted by molar-refractivity contribution is 8.77. The van der Waals surface area contributed by atoms with Crippen LogP contribution in [0, 0.1) is 0 Å². The molecule has 0 bridgehead atoms. The van der Waals surface area contributed by atoms with Crippen LogP contribution in [0.2, 0.25) is 0 Å². The number of para-hydroxylation sites is 2. The Bertz CT molecular complexity index is 1250. The largest absolute Gasteiger partial charge is 0.484 e. The van der Waals surface area contributed by atoms with Crippen molar-refractivity contribution in [2.45, 2.75) is 29.1 Å². The first-order valence-corrected chi connectivity index (χ1v) is 14.2. The van der Waals surface area contributed by atoms with Crippen LogP contribution in [0.25, 0.3) is 10.2 Å². The minimum Gasteiger partial charge on any atom is -0.484 e.